The number of carbonyl (C=O) groups excluding carboxylic acids is 1. The van der Waals surface area contributed by atoms with Crippen LogP contribution in [0.3, 0.4) is 0 Å². The van der Waals surface area contributed by atoms with Crippen LogP contribution in [0.5, 0.6) is 0 Å². The van der Waals surface area contributed by atoms with Gasteiger partial charge in [-0.2, -0.15) is 0 Å². The van der Waals surface area contributed by atoms with Crippen molar-refractivity contribution in [3.63, 3.8) is 0 Å². The lowest BCUT2D eigenvalue weighted by Gasteiger charge is -2.28. The predicted molar refractivity (Wildman–Crippen MR) is 94.3 cm³/mol. The molecule has 1 aromatic heterocycles. The third-order valence-corrected chi connectivity index (χ3v) is 4.96. The molecular formula is C18H22ClN3O2. The summed E-state index contributed by atoms with van der Waals surface area (Å²) in [5, 5.41) is 4.12. The minimum absolute atomic E-state index is 0.129. The summed E-state index contributed by atoms with van der Waals surface area (Å²) in [5.41, 5.74) is 3.95. The molecule has 0 N–H and O–H groups in total. The lowest BCUT2D eigenvalue weighted by Crippen LogP contribution is -2.42. The third kappa shape index (κ3) is 3.26. The maximum absolute atomic E-state index is 12.8. The van der Waals surface area contributed by atoms with Crippen LogP contribution in [0.1, 0.15) is 30.2 Å². The van der Waals surface area contributed by atoms with Crippen LogP contribution in [-0.4, -0.2) is 35.6 Å². The van der Waals surface area contributed by atoms with Crippen LogP contribution in [0.2, 0.25) is 5.22 Å². The summed E-state index contributed by atoms with van der Waals surface area (Å²) in [6.07, 6.45) is 0.950. The molecule has 1 aromatic carbocycles. The van der Waals surface area contributed by atoms with Crippen LogP contribution in [0.15, 0.2) is 28.8 Å². The molecule has 0 saturated heterocycles. The van der Waals surface area contributed by atoms with Crippen molar-refractivity contribution < 1.29 is 9.32 Å². The molecule has 2 aromatic rings. The van der Waals surface area contributed by atoms with E-state index in [0.29, 0.717) is 19.4 Å². The number of likely N-dealkylation sites (N-methyl/N-ethyl adjacent to an activating group) is 1. The molecule has 5 nitrogen and oxygen atoms in total. The van der Waals surface area contributed by atoms with Crippen molar-refractivity contribution in [3.8, 4) is 0 Å². The molecule has 6 heteroatoms. The molecule has 24 heavy (non-hydrogen) atoms. The van der Waals surface area contributed by atoms with E-state index in [1.807, 2.05) is 24.0 Å². The summed E-state index contributed by atoms with van der Waals surface area (Å²) in [4.78, 5) is 17.0. The Morgan fingerprint density at radius 3 is 2.88 bits per heavy atom. The highest BCUT2D eigenvalue weighted by Crippen LogP contribution is 2.27. The van der Waals surface area contributed by atoms with Crippen LogP contribution < -0.4 is 4.90 Å². The largest absolute Gasteiger partial charge is 0.372 e. The maximum atomic E-state index is 12.8. The van der Waals surface area contributed by atoms with E-state index < -0.39 is 0 Å². The first-order valence-corrected chi connectivity index (χ1v) is 8.54. The molecule has 128 valence electrons. The Bertz CT molecular complexity index is 724. The fourth-order valence-corrected chi connectivity index (χ4v) is 3.56. The Morgan fingerprint density at radius 2 is 2.17 bits per heavy atom. The normalized spacial score (nSPS) is 17.6. The quantitative estimate of drug-likeness (QED) is 0.853. The standard InChI is InChI=1S/C18H22ClN3O2/c1-12-10-21(3)16-7-5-4-6-14(16)11-22(12)17(23)9-8-15-13(2)20-24-18(15)19/h4-7,12H,8-11H2,1-3H3/t12-/m1/s1. The second kappa shape index (κ2) is 6.85. The fourth-order valence-electron chi connectivity index (χ4n) is 3.30. The van der Waals surface area contributed by atoms with E-state index in [9.17, 15) is 4.79 Å². The monoisotopic (exact) mass is 347 g/mol. The second-order valence-electron chi connectivity index (χ2n) is 6.40. The molecule has 1 aliphatic rings. The first kappa shape index (κ1) is 16.8. The summed E-state index contributed by atoms with van der Waals surface area (Å²) in [6, 6.07) is 8.40. The Kier molecular flexibility index (Phi) is 4.81. The average molecular weight is 348 g/mol. The number of aromatic nitrogens is 1. The molecule has 3 rings (SSSR count). The van der Waals surface area contributed by atoms with Gasteiger partial charge in [0.1, 0.15) is 0 Å². The van der Waals surface area contributed by atoms with Gasteiger partial charge in [0.25, 0.3) is 0 Å². The van der Waals surface area contributed by atoms with Crippen molar-refractivity contribution in [1.82, 2.24) is 10.1 Å². The molecule has 1 aliphatic heterocycles. The molecular weight excluding hydrogens is 326 g/mol. The van der Waals surface area contributed by atoms with E-state index in [0.717, 1.165) is 17.8 Å². The van der Waals surface area contributed by atoms with E-state index in [2.05, 4.69) is 36.2 Å². The van der Waals surface area contributed by atoms with Crippen LogP contribution in [0, 0.1) is 6.92 Å². The number of amides is 1. The van der Waals surface area contributed by atoms with Gasteiger partial charge in [-0.15, -0.1) is 0 Å². The summed E-state index contributed by atoms with van der Waals surface area (Å²) >= 11 is 5.99. The number of para-hydroxylation sites is 1. The summed E-state index contributed by atoms with van der Waals surface area (Å²) in [7, 11) is 2.07. The number of hydrogen-bond donors (Lipinski definition) is 0. The number of rotatable bonds is 3. The lowest BCUT2D eigenvalue weighted by molar-refractivity contribution is -0.133. The first-order chi connectivity index (χ1) is 11.5. The Labute approximate surface area is 147 Å². The van der Waals surface area contributed by atoms with Gasteiger partial charge < -0.3 is 14.3 Å². The van der Waals surface area contributed by atoms with Crippen molar-refractivity contribution in [2.45, 2.75) is 39.3 Å². The van der Waals surface area contributed by atoms with Crippen LogP contribution in [0.4, 0.5) is 5.69 Å². The molecule has 1 atom stereocenters. The van der Waals surface area contributed by atoms with Crippen molar-refractivity contribution in [3.05, 3.63) is 46.3 Å². The number of anilines is 1. The second-order valence-corrected chi connectivity index (χ2v) is 6.74. The van der Waals surface area contributed by atoms with Gasteiger partial charge in [0.05, 0.1) is 5.69 Å². The van der Waals surface area contributed by atoms with Crippen molar-refractivity contribution in [1.29, 1.82) is 0 Å². The van der Waals surface area contributed by atoms with E-state index in [1.165, 1.54) is 11.3 Å². The number of benzene rings is 1. The predicted octanol–water partition coefficient (Wildman–Crippen LogP) is 3.44. The van der Waals surface area contributed by atoms with E-state index in [4.69, 9.17) is 16.1 Å². The number of hydrogen-bond acceptors (Lipinski definition) is 4. The SMILES string of the molecule is Cc1noc(Cl)c1CCC(=O)N1Cc2ccccc2N(C)C[C@H]1C. The summed E-state index contributed by atoms with van der Waals surface area (Å²) in [6.45, 7) is 5.39. The Morgan fingerprint density at radius 1 is 1.42 bits per heavy atom. The minimum atomic E-state index is 0.129. The molecule has 0 bridgehead atoms. The molecule has 0 spiro atoms. The highest BCUT2D eigenvalue weighted by atomic mass is 35.5. The molecule has 0 radical (unpaired) electrons. The van der Waals surface area contributed by atoms with Gasteiger partial charge in [0.2, 0.25) is 11.1 Å². The van der Waals surface area contributed by atoms with Gasteiger partial charge in [0, 0.05) is 43.9 Å². The van der Waals surface area contributed by atoms with E-state index in [1.54, 1.807) is 0 Å². The van der Waals surface area contributed by atoms with Crippen molar-refractivity contribution in [2.24, 2.45) is 0 Å². The van der Waals surface area contributed by atoms with Crippen molar-refractivity contribution >= 4 is 23.2 Å². The van der Waals surface area contributed by atoms with Gasteiger partial charge in [-0.05, 0) is 43.5 Å². The zero-order valence-corrected chi connectivity index (χ0v) is 15.0. The highest BCUT2D eigenvalue weighted by Gasteiger charge is 2.27. The Hall–Kier alpha value is -2.01. The number of nitrogens with zero attached hydrogens (tertiary/aromatic N) is 3. The van der Waals surface area contributed by atoms with Crippen LogP contribution in [-0.2, 0) is 17.8 Å². The smallest absolute Gasteiger partial charge is 0.229 e. The topological polar surface area (TPSA) is 49.6 Å². The van der Waals surface area contributed by atoms with Gasteiger partial charge in [-0.3, -0.25) is 4.79 Å². The van der Waals surface area contributed by atoms with E-state index >= 15 is 0 Å². The lowest BCUT2D eigenvalue weighted by atomic mass is 10.1. The minimum Gasteiger partial charge on any atom is -0.372 e. The first-order valence-electron chi connectivity index (χ1n) is 8.16. The molecule has 1 amide bonds. The third-order valence-electron chi connectivity index (χ3n) is 4.66. The number of fused-ring (bicyclic) bond motifs is 1. The zero-order valence-electron chi connectivity index (χ0n) is 14.3. The molecule has 0 aliphatic carbocycles. The van der Waals surface area contributed by atoms with Crippen LogP contribution in [0.25, 0.3) is 0 Å². The fraction of sp³-hybridized carbons (Fsp3) is 0.444. The van der Waals surface area contributed by atoms with Crippen molar-refractivity contribution in [2.75, 3.05) is 18.5 Å². The number of carbonyl (C=O) groups is 1. The van der Waals surface area contributed by atoms with Gasteiger partial charge in [-0.1, -0.05) is 23.4 Å². The molecule has 0 unspecified atom stereocenters. The van der Waals surface area contributed by atoms with Crippen LogP contribution >= 0.6 is 11.6 Å². The maximum Gasteiger partial charge on any atom is 0.229 e. The molecule has 0 fully saturated rings. The molecule has 0 saturated carbocycles. The zero-order chi connectivity index (χ0) is 17.3. The summed E-state index contributed by atoms with van der Waals surface area (Å²) in [5.74, 6) is 0.129. The summed E-state index contributed by atoms with van der Waals surface area (Å²) < 4.78 is 4.96. The molecule has 2 heterocycles. The number of halogens is 1. The average Bonchev–Trinajstić information content (AvgIpc) is 2.81. The number of aryl methyl sites for hydroxylation is 1. The van der Waals surface area contributed by atoms with Gasteiger partial charge in [-0.25, -0.2) is 0 Å². The highest BCUT2D eigenvalue weighted by molar-refractivity contribution is 6.29. The van der Waals surface area contributed by atoms with E-state index in [-0.39, 0.29) is 17.2 Å². The van der Waals surface area contributed by atoms with Gasteiger partial charge in [0.15, 0.2) is 0 Å². The Balaban J connectivity index is 1.74. The van der Waals surface area contributed by atoms with Gasteiger partial charge >= 0.3 is 0 Å².